The number of halogens is 2. The zero-order valence-corrected chi connectivity index (χ0v) is 27.5. The standard InChI is InChI=1S/C26H29FN2O4.C3H8O.C2H6.CHIO2/c1-3-9-20(13-8-15-27)12-7-14-23-24(28-2)25(33-19-21-10-5-4-6-11-21)22(18-31)26(32)29(23)16-17-30;1-3-4-2;1-2;2-1(3)4/h3-8,10-11,13-15,18,23-24,30H,1-2,9,12,16-17,19H2;3H2,1-2H3;1-2H3;(H,3,4)/b14-7+,15-8+,20-13+;;;. The van der Waals surface area contributed by atoms with Crippen molar-refractivity contribution in [1.29, 1.82) is 0 Å². The lowest BCUT2D eigenvalue weighted by Gasteiger charge is -2.38. The fraction of sp³-hybridized carbons (Fsp3) is 0.375. The number of carbonyl (C=O) groups is 3. The van der Waals surface area contributed by atoms with Gasteiger partial charge in [0.05, 0.1) is 41.6 Å². The van der Waals surface area contributed by atoms with E-state index in [-0.39, 0.29) is 31.1 Å². The van der Waals surface area contributed by atoms with Gasteiger partial charge in [0.1, 0.15) is 24.0 Å². The Hall–Kier alpha value is -3.42. The third-order valence-electron chi connectivity index (χ3n) is 5.41. The van der Waals surface area contributed by atoms with E-state index >= 15 is 0 Å². The molecule has 2 rings (SSSR count). The molecule has 43 heavy (non-hydrogen) atoms. The Morgan fingerprint density at radius 3 is 2.30 bits per heavy atom. The molecule has 2 atom stereocenters. The molecule has 1 aromatic carbocycles. The number of carboxylic acid groups (broad SMARTS) is 1. The molecule has 0 radical (unpaired) electrons. The molecule has 2 N–H and O–H groups in total. The molecule has 0 aromatic heterocycles. The highest BCUT2D eigenvalue weighted by Crippen LogP contribution is 2.29. The monoisotopic (exact) mass is 714 g/mol. The van der Waals surface area contributed by atoms with Crippen LogP contribution in [0.5, 0.6) is 0 Å². The molecule has 2 unspecified atom stereocenters. The number of hydrogen-bond acceptors (Lipinski definition) is 7. The van der Waals surface area contributed by atoms with E-state index in [9.17, 15) is 19.1 Å². The predicted molar refractivity (Wildman–Crippen MR) is 178 cm³/mol. The van der Waals surface area contributed by atoms with Gasteiger partial charge in [0.2, 0.25) is 0 Å². The number of nitrogens with zero attached hydrogens (tertiary/aromatic N) is 2. The smallest absolute Gasteiger partial charge is 0.364 e. The summed E-state index contributed by atoms with van der Waals surface area (Å²) in [6.45, 7) is 14.0. The molecule has 9 nitrogen and oxygen atoms in total. The number of aliphatic hydroxyl groups excluding tert-OH is 1. The van der Waals surface area contributed by atoms with Crippen molar-refractivity contribution in [3.63, 3.8) is 0 Å². The van der Waals surface area contributed by atoms with E-state index < -0.39 is 22.0 Å². The summed E-state index contributed by atoms with van der Waals surface area (Å²) in [5.41, 5.74) is 1.65. The third-order valence-corrected chi connectivity index (χ3v) is 5.41. The number of aldehydes is 1. The number of hydrogen-bond donors (Lipinski definition) is 2. The first-order chi connectivity index (χ1) is 20.7. The van der Waals surface area contributed by atoms with Gasteiger partial charge in [-0.3, -0.25) is 14.6 Å². The van der Waals surface area contributed by atoms with E-state index in [0.29, 0.717) is 25.5 Å². The van der Waals surface area contributed by atoms with Crippen molar-refractivity contribution in [2.24, 2.45) is 4.99 Å². The van der Waals surface area contributed by atoms with Crippen molar-refractivity contribution in [2.45, 2.75) is 52.3 Å². The van der Waals surface area contributed by atoms with Gasteiger partial charge < -0.3 is 24.6 Å². The van der Waals surface area contributed by atoms with Crippen LogP contribution in [0.3, 0.4) is 0 Å². The summed E-state index contributed by atoms with van der Waals surface area (Å²) in [5, 5.41) is 16.9. The Morgan fingerprint density at radius 1 is 1.23 bits per heavy atom. The summed E-state index contributed by atoms with van der Waals surface area (Å²) in [6, 6.07) is 8.01. The number of carbonyl (C=O) groups excluding carboxylic acids is 2. The number of methoxy groups -OCH3 is 1. The minimum absolute atomic E-state index is 0.0170. The molecule has 0 bridgehead atoms. The Balaban J connectivity index is 0. The first-order valence-corrected chi connectivity index (χ1v) is 14.7. The van der Waals surface area contributed by atoms with Crippen LogP contribution >= 0.6 is 22.6 Å². The van der Waals surface area contributed by atoms with Crippen molar-refractivity contribution >= 4 is 45.5 Å². The number of benzene rings is 1. The number of aliphatic hydroxyl groups is 1. The predicted octanol–water partition coefficient (Wildman–Crippen LogP) is 6.64. The molecule has 0 saturated heterocycles. The number of β-amino-alcohol motifs (C(OH)–C–C–N with tert-alkyl or cyclic N) is 1. The molecule has 0 fully saturated rings. The molecule has 1 amide bonds. The lowest BCUT2D eigenvalue weighted by Crippen LogP contribution is -2.52. The number of allylic oxidation sites excluding steroid dienone is 5. The van der Waals surface area contributed by atoms with Crippen LogP contribution < -0.4 is 0 Å². The summed E-state index contributed by atoms with van der Waals surface area (Å²) < 4.78 is 22.0. The number of ether oxygens (including phenoxy) is 2. The van der Waals surface area contributed by atoms with Crippen LogP contribution in [0.15, 0.2) is 95.5 Å². The van der Waals surface area contributed by atoms with Crippen molar-refractivity contribution in [1.82, 2.24) is 4.90 Å². The lowest BCUT2D eigenvalue weighted by atomic mass is 9.94. The Labute approximate surface area is 268 Å². The Bertz CT molecular complexity index is 1080. The Kier molecular flexibility index (Phi) is 26.6. The van der Waals surface area contributed by atoms with Crippen LogP contribution in [0, 0.1) is 0 Å². The summed E-state index contributed by atoms with van der Waals surface area (Å²) in [6.07, 6.45) is 10.3. The number of rotatable bonds is 14. The van der Waals surface area contributed by atoms with E-state index in [4.69, 9.17) is 14.6 Å². The fourth-order valence-corrected chi connectivity index (χ4v) is 3.58. The highest BCUT2D eigenvalue weighted by molar-refractivity contribution is 14.1. The maximum Gasteiger partial charge on any atom is 0.364 e. The van der Waals surface area contributed by atoms with E-state index in [0.717, 1.165) is 17.7 Å². The van der Waals surface area contributed by atoms with Gasteiger partial charge >= 0.3 is 3.98 Å². The van der Waals surface area contributed by atoms with Gasteiger partial charge in [0, 0.05) is 20.3 Å². The average Bonchev–Trinajstić information content (AvgIpc) is 3.01. The molecule has 0 saturated carbocycles. The van der Waals surface area contributed by atoms with Crippen molar-refractivity contribution in [3.05, 3.63) is 96.1 Å². The van der Waals surface area contributed by atoms with Gasteiger partial charge in [-0.15, -0.1) is 6.58 Å². The van der Waals surface area contributed by atoms with Crippen LogP contribution in [-0.2, 0) is 25.7 Å². The van der Waals surface area contributed by atoms with Gasteiger partial charge in [-0.05, 0) is 38.1 Å². The normalized spacial score (nSPS) is 16.3. The zero-order valence-electron chi connectivity index (χ0n) is 25.3. The van der Waals surface area contributed by atoms with Gasteiger partial charge in [0.15, 0.2) is 6.29 Å². The van der Waals surface area contributed by atoms with E-state index in [1.165, 1.54) is 33.6 Å². The second-order valence-electron chi connectivity index (χ2n) is 8.11. The topological polar surface area (TPSA) is 126 Å². The minimum Gasteiger partial charge on any atom is -0.490 e. The van der Waals surface area contributed by atoms with Crippen molar-refractivity contribution in [3.8, 4) is 0 Å². The average molecular weight is 715 g/mol. The highest BCUT2D eigenvalue weighted by Gasteiger charge is 2.41. The molecule has 1 heterocycles. The molecule has 1 aliphatic heterocycles. The first-order valence-electron chi connectivity index (χ1n) is 13.6. The van der Waals surface area contributed by atoms with Crippen LogP contribution in [0.1, 0.15) is 39.2 Å². The maximum atomic E-state index is 13.1. The molecular weight excluding hydrogens is 670 g/mol. The van der Waals surface area contributed by atoms with Gasteiger partial charge in [0.25, 0.3) is 5.91 Å². The summed E-state index contributed by atoms with van der Waals surface area (Å²) in [4.78, 5) is 39.4. The molecule has 0 spiro atoms. The maximum absolute atomic E-state index is 13.1. The molecule has 1 aromatic rings. The first kappa shape index (κ1) is 41.7. The van der Waals surface area contributed by atoms with Crippen LogP contribution in [0.4, 0.5) is 9.18 Å². The molecular formula is C32H44FIN2O7. The van der Waals surface area contributed by atoms with Gasteiger partial charge in [-0.2, -0.15) is 0 Å². The summed E-state index contributed by atoms with van der Waals surface area (Å²) in [7, 11) is 1.68. The second kappa shape index (κ2) is 27.4. The molecule has 0 aliphatic carbocycles. The zero-order chi connectivity index (χ0) is 33.0. The van der Waals surface area contributed by atoms with Crippen molar-refractivity contribution < 1.29 is 38.5 Å². The Morgan fingerprint density at radius 2 is 1.84 bits per heavy atom. The van der Waals surface area contributed by atoms with E-state index in [1.54, 1.807) is 25.3 Å². The summed E-state index contributed by atoms with van der Waals surface area (Å²) >= 11 is 1.26. The summed E-state index contributed by atoms with van der Waals surface area (Å²) in [5.74, 6) is -0.390. The number of amides is 1. The van der Waals surface area contributed by atoms with Gasteiger partial charge in [-0.1, -0.05) is 74.1 Å². The van der Waals surface area contributed by atoms with E-state index in [1.807, 2.05) is 57.2 Å². The fourth-order valence-electron chi connectivity index (χ4n) is 3.58. The van der Waals surface area contributed by atoms with Crippen LogP contribution in [-0.4, -0.2) is 77.0 Å². The third kappa shape index (κ3) is 17.3. The highest BCUT2D eigenvalue weighted by atomic mass is 127. The quantitative estimate of drug-likeness (QED) is 0.0421. The minimum atomic E-state index is -0.863. The molecule has 11 heteroatoms. The van der Waals surface area contributed by atoms with Crippen LogP contribution in [0.25, 0.3) is 0 Å². The van der Waals surface area contributed by atoms with Crippen LogP contribution in [0.2, 0.25) is 0 Å². The molecule has 238 valence electrons. The van der Waals surface area contributed by atoms with Gasteiger partial charge in [-0.25, -0.2) is 9.18 Å². The second-order valence-corrected chi connectivity index (χ2v) is 9.03. The van der Waals surface area contributed by atoms with E-state index in [2.05, 4.69) is 23.0 Å². The SMILES string of the molecule is C=CC/C(=C\C=C\F)C/C=C/C1C(N=C)C(OCc2ccccc2)=C(C=O)C(=O)N1CCO.CC.CCOC.O=C(O)I. The number of aliphatic imine (C=N–C) groups is 1. The van der Waals surface area contributed by atoms with Crippen molar-refractivity contribution in [2.75, 3.05) is 26.9 Å². The molecule has 1 aliphatic rings. The largest absolute Gasteiger partial charge is 0.490 e. The lowest BCUT2D eigenvalue weighted by molar-refractivity contribution is -0.132.